The summed E-state index contributed by atoms with van der Waals surface area (Å²) in [5.74, 6) is 1.62. The minimum Gasteiger partial charge on any atom is -0.494 e. The lowest BCUT2D eigenvalue weighted by atomic mass is 10.4. The quantitative estimate of drug-likeness (QED) is 0.733. The number of ether oxygens (including phenoxy) is 1. The molecule has 9 heteroatoms. The van der Waals surface area contributed by atoms with Gasteiger partial charge in [0.15, 0.2) is 17.3 Å². The van der Waals surface area contributed by atoms with Crippen LogP contribution in [-0.2, 0) is 13.0 Å². The first-order chi connectivity index (χ1) is 10.2. The highest BCUT2D eigenvalue weighted by Crippen LogP contribution is 2.26. The molecule has 8 nitrogen and oxygen atoms in total. The molecule has 110 valence electrons. The molecule has 0 aromatic carbocycles. The van der Waals surface area contributed by atoms with Crippen molar-refractivity contribution in [3.05, 3.63) is 22.6 Å². The molecule has 21 heavy (non-hydrogen) atoms. The number of hydrogen-bond donors (Lipinski definition) is 1. The number of rotatable bonds is 5. The van der Waals surface area contributed by atoms with E-state index in [9.17, 15) is 0 Å². The number of aryl methyl sites for hydroxylation is 2. The summed E-state index contributed by atoms with van der Waals surface area (Å²) in [6.45, 7) is 4.40. The Bertz CT molecular complexity index is 785. The van der Waals surface area contributed by atoms with Crippen LogP contribution < -0.4 is 4.74 Å². The molecule has 3 aromatic rings. The maximum atomic E-state index is 5.20. The van der Waals surface area contributed by atoms with Crippen LogP contribution in [0.1, 0.15) is 23.3 Å². The number of nitrogens with zero attached hydrogens (tertiary/aromatic N) is 6. The molecule has 0 bridgehead atoms. The smallest absolute Gasteiger partial charge is 0.205 e. The van der Waals surface area contributed by atoms with Crippen molar-refractivity contribution in [2.45, 2.75) is 26.8 Å². The second-order valence-electron chi connectivity index (χ2n) is 4.43. The molecule has 0 aliphatic heterocycles. The molecular weight excluding hydrogens is 290 g/mol. The van der Waals surface area contributed by atoms with Crippen LogP contribution in [0.15, 0.2) is 16.4 Å². The van der Waals surface area contributed by atoms with Crippen molar-refractivity contribution < 1.29 is 4.74 Å². The molecular formula is C12H15N7OS. The zero-order valence-corrected chi connectivity index (χ0v) is 12.8. The van der Waals surface area contributed by atoms with Crippen molar-refractivity contribution in [1.82, 2.24) is 24.2 Å². The number of aromatic amines is 1. The van der Waals surface area contributed by atoms with E-state index in [1.165, 1.54) is 11.5 Å². The summed E-state index contributed by atoms with van der Waals surface area (Å²) >= 11 is 1.36. The molecule has 0 unspecified atom stereocenters. The zero-order valence-electron chi connectivity index (χ0n) is 12.0. The monoisotopic (exact) mass is 305 g/mol. The first-order valence-electron chi connectivity index (χ1n) is 6.52. The van der Waals surface area contributed by atoms with Crippen LogP contribution in [0, 0.1) is 6.92 Å². The molecule has 0 aliphatic carbocycles. The third kappa shape index (κ3) is 2.40. The van der Waals surface area contributed by atoms with Crippen LogP contribution in [-0.4, -0.2) is 31.3 Å². The summed E-state index contributed by atoms with van der Waals surface area (Å²) in [7, 11) is 1.62. The molecule has 3 aromatic heterocycles. The number of hydrogen-bond acceptors (Lipinski definition) is 7. The van der Waals surface area contributed by atoms with Crippen molar-refractivity contribution in [1.29, 1.82) is 0 Å². The highest BCUT2D eigenvalue weighted by Gasteiger charge is 2.13. The Morgan fingerprint density at radius 1 is 1.43 bits per heavy atom. The van der Waals surface area contributed by atoms with Crippen molar-refractivity contribution in [2.75, 3.05) is 7.11 Å². The summed E-state index contributed by atoms with van der Waals surface area (Å²) < 4.78 is 11.1. The first-order valence-corrected chi connectivity index (χ1v) is 7.29. The summed E-state index contributed by atoms with van der Waals surface area (Å²) in [5, 5.41) is 20.0. The van der Waals surface area contributed by atoms with Gasteiger partial charge < -0.3 is 4.74 Å². The predicted octanol–water partition coefficient (Wildman–Crippen LogP) is 2.68. The SMILES string of the molecule is CCc1nnc2c(N=NCc3sncc3OC)c(C)[nH]n12. The zero-order chi connectivity index (χ0) is 14.8. The highest BCUT2D eigenvalue weighted by molar-refractivity contribution is 7.06. The molecule has 0 amide bonds. The molecule has 3 heterocycles. The van der Waals surface area contributed by atoms with Gasteiger partial charge in [-0.3, -0.25) is 5.10 Å². The van der Waals surface area contributed by atoms with E-state index in [0.717, 1.165) is 28.6 Å². The van der Waals surface area contributed by atoms with Gasteiger partial charge in [0.1, 0.15) is 0 Å². The van der Waals surface area contributed by atoms with Gasteiger partial charge in [0.05, 0.1) is 30.4 Å². The van der Waals surface area contributed by atoms with Crippen LogP contribution in [0.2, 0.25) is 0 Å². The summed E-state index contributed by atoms with van der Waals surface area (Å²) in [5.41, 5.74) is 2.32. The Kier molecular flexibility index (Phi) is 3.65. The van der Waals surface area contributed by atoms with E-state index in [0.29, 0.717) is 17.9 Å². The van der Waals surface area contributed by atoms with Crippen molar-refractivity contribution in [3.63, 3.8) is 0 Å². The molecule has 0 saturated carbocycles. The summed E-state index contributed by atoms with van der Waals surface area (Å²) in [6.07, 6.45) is 2.48. The number of fused-ring (bicyclic) bond motifs is 1. The van der Waals surface area contributed by atoms with Gasteiger partial charge in [0, 0.05) is 6.42 Å². The van der Waals surface area contributed by atoms with E-state index in [4.69, 9.17) is 4.74 Å². The molecule has 0 radical (unpaired) electrons. The molecule has 0 aliphatic rings. The van der Waals surface area contributed by atoms with Gasteiger partial charge >= 0.3 is 0 Å². The van der Waals surface area contributed by atoms with Crippen LogP contribution in [0.4, 0.5) is 5.69 Å². The van der Waals surface area contributed by atoms with E-state index in [1.807, 2.05) is 18.4 Å². The lowest BCUT2D eigenvalue weighted by Gasteiger charge is -1.95. The second-order valence-corrected chi connectivity index (χ2v) is 5.32. The largest absolute Gasteiger partial charge is 0.494 e. The Hall–Kier alpha value is -2.29. The molecule has 0 saturated heterocycles. The van der Waals surface area contributed by atoms with E-state index >= 15 is 0 Å². The van der Waals surface area contributed by atoms with E-state index in [2.05, 4.69) is 29.9 Å². The molecule has 0 atom stereocenters. The number of aromatic nitrogens is 5. The Morgan fingerprint density at radius 3 is 3.05 bits per heavy atom. The van der Waals surface area contributed by atoms with Gasteiger partial charge in [0.25, 0.3) is 0 Å². The van der Waals surface area contributed by atoms with Gasteiger partial charge in [-0.2, -0.15) is 9.49 Å². The van der Waals surface area contributed by atoms with Gasteiger partial charge in [-0.1, -0.05) is 6.92 Å². The maximum absolute atomic E-state index is 5.20. The second kappa shape index (κ2) is 5.60. The van der Waals surface area contributed by atoms with Crippen molar-refractivity contribution >= 4 is 22.9 Å². The minimum absolute atomic E-state index is 0.430. The number of methoxy groups -OCH3 is 1. The Labute approximate surface area is 125 Å². The lowest BCUT2D eigenvalue weighted by molar-refractivity contribution is 0.411. The lowest BCUT2D eigenvalue weighted by Crippen LogP contribution is -1.92. The van der Waals surface area contributed by atoms with Crippen LogP contribution in [0.25, 0.3) is 5.65 Å². The normalized spacial score (nSPS) is 11.8. The fourth-order valence-corrected chi connectivity index (χ4v) is 2.64. The third-order valence-corrected chi connectivity index (χ3v) is 3.87. The van der Waals surface area contributed by atoms with Crippen LogP contribution >= 0.6 is 11.5 Å². The Morgan fingerprint density at radius 2 is 2.29 bits per heavy atom. The minimum atomic E-state index is 0.430. The fourth-order valence-electron chi connectivity index (χ4n) is 2.02. The van der Waals surface area contributed by atoms with Crippen molar-refractivity contribution in [2.24, 2.45) is 10.2 Å². The average Bonchev–Trinajstić information content (AvgIpc) is 3.15. The summed E-state index contributed by atoms with van der Waals surface area (Å²) in [4.78, 5) is 0.946. The topological polar surface area (TPSA) is 92.8 Å². The van der Waals surface area contributed by atoms with Gasteiger partial charge in [-0.05, 0) is 18.5 Å². The predicted molar refractivity (Wildman–Crippen MR) is 78.3 cm³/mol. The standard InChI is InChI=1S/C12H15N7OS/c1-4-10-15-17-12-11(7(2)18-19(10)12)16-13-6-9-8(20-3)5-14-21-9/h5,18H,4,6H2,1-3H3. The Balaban J connectivity index is 1.86. The molecule has 0 spiro atoms. The van der Waals surface area contributed by atoms with Gasteiger partial charge in [-0.15, -0.1) is 15.3 Å². The van der Waals surface area contributed by atoms with Gasteiger partial charge in [-0.25, -0.2) is 4.52 Å². The molecule has 3 rings (SSSR count). The van der Waals surface area contributed by atoms with E-state index in [-0.39, 0.29) is 0 Å². The third-order valence-electron chi connectivity index (χ3n) is 3.11. The molecule has 0 fully saturated rings. The van der Waals surface area contributed by atoms with Gasteiger partial charge in [0.2, 0.25) is 5.65 Å². The first kappa shape index (κ1) is 13.7. The van der Waals surface area contributed by atoms with Crippen LogP contribution in [0.5, 0.6) is 5.75 Å². The number of azo groups is 1. The van der Waals surface area contributed by atoms with E-state index in [1.54, 1.807) is 13.3 Å². The highest BCUT2D eigenvalue weighted by atomic mass is 32.1. The van der Waals surface area contributed by atoms with Crippen molar-refractivity contribution in [3.8, 4) is 5.75 Å². The maximum Gasteiger partial charge on any atom is 0.205 e. The van der Waals surface area contributed by atoms with Crippen LogP contribution in [0.3, 0.4) is 0 Å². The van der Waals surface area contributed by atoms with E-state index < -0.39 is 0 Å². The molecule has 1 N–H and O–H groups in total. The average molecular weight is 305 g/mol. The number of H-pyrrole nitrogens is 1. The fraction of sp³-hybridized carbons (Fsp3) is 0.417. The summed E-state index contributed by atoms with van der Waals surface area (Å²) in [6, 6.07) is 0. The number of nitrogens with one attached hydrogen (secondary N) is 1.